The smallest absolute Gasteiger partial charge is 0.126 e. The lowest BCUT2D eigenvalue weighted by Gasteiger charge is -1.89. The first-order chi connectivity index (χ1) is 4.88. The van der Waals surface area contributed by atoms with Crippen molar-refractivity contribution in [1.29, 1.82) is 0 Å². The third kappa shape index (κ3) is 0.907. The van der Waals surface area contributed by atoms with E-state index in [2.05, 4.69) is 11.9 Å². The average molecular weight is 135 g/mol. The van der Waals surface area contributed by atoms with Crippen molar-refractivity contribution in [2.45, 2.75) is 19.1 Å². The van der Waals surface area contributed by atoms with Crippen molar-refractivity contribution in [1.82, 2.24) is 4.98 Å². The molecular weight excluding hydrogens is 126 g/mol. The summed E-state index contributed by atoms with van der Waals surface area (Å²) >= 11 is 0. The number of epoxide rings is 1. The van der Waals surface area contributed by atoms with Gasteiger partial charge >= 0.3 is 0 Å². The lowest BCUT2D eigenvalue weighted by Crippen LogP contribution is -1.86. The minimum Gasteiger partial charge on any atom is -0.363 e. The zero-order valence-electron chi connectivity index (χ0n) is 5.82. The van der Waals surface area contributed by atoms with Crippen molar-refractivity contribution in [3.63, 3.8) is 0 Å². The molecule has 10 heavy (non-hydrogen) atoms. The predicted molar refractivity (Wildman–Crippen MR) is 37.5 cm³/mol. The Kier molecular flexibility index (Phi) is 1.21. The maximum absolute atomic E-state index is 5.24. The van der Waals surface area contributed by atoms with E-state index in [-0.39, 0.29) is 6.10 Å². The van der Waals surface area contributed by atoms with Gasteiger partial charge in [-0.15, -0.1) is 0 Å². The molecule has 0 amide bonds. The fourth-order valence-electron chi connectivity index (χ4n) is 1.04. The van der Waals surface area contributed by atoms with Crippen LogP contribution in [0.2, 0.25) is 0 Å². The molecule has 1 fully saturated rings. The predicted octanol–water partition coefficient (Wildman–Crippen LogP) is 1.54. The second-order valence-corrected chi connectivity index (χ2v) is 2.52. The number of pyridine rings is 1. The van der Waals surface area contributed by atoms with E-state index in [0.717, 1.165) is 5.69 Å². The molecule has 2 nitrogen and oxygen atoms in total. The number of aromatic nitrogens is 1. The second kappa shape index (κ2) is 2.06. The van der Waals surface area contributed by atoms with Crippen LogP contribution in [0.1, 0.15) is 18.7 Å². The van der Waals surface area contributed by atoms with Gasteiger partial charge in [-0.05, 0) is 19.1 Å². The molecule has 2 unspecified atom stereocenters. The van der Waals surface area contributed by atoms with Crippen molar-refractivity contribution in [3.8, 4) is 0 Å². The maximum Gasteiger partial charge on any atom is 0.126 e. The monoisotopic (exact) mass is 135 g/mol. The Labute approximate surface area is 59.9 Å². The van der Waals surface area contributed by atoms with Gasteiger partial charge in [-0.3, -0.25) is 4.98 Å². The molecule has 1 aromatic heterocycles. The third-order valence-electron chi connectivity index (χ3n) is 1.69. The Morgan fingerprint density at radius 1 is 1.50 bits per heavy atom. The van der Waals surface area contributed by atoms with Gasteiger partial charge in [-0.1, -0.05) is 6.07 Å². The largest absolute Gasteiger partial charge is 0.363 e. The standard InChI is InChI=1S/C8H9NO/c1-6-8(10-6)7-4-2-3-5-9-7/h2-6,8H,1H3. The quantitative estimate of drug-likeness (QED) is 0.546. The lowest BCUT2D eigenvalue weighted by atomic mass is 10.2. The van der Waals surface area contributed by atoms with Gasteiger partial charge in [0.25, 0.3) is 0 Å². The summed E-state index contributed by atoms with van der Waals surface area (Å²) in [5.74, 6) is 0. The molecule has 0 saturated carbocycles. The Hall–Kier alpha value is -0.890. The van der Waals surface area contributed by atoms with Gasteiger partial charge in [0.15, 0.2) is 0 Å². The van der Waals surface area contributed by atoms with Gasteiger partial charge in [0, 0.05) is 6.20 Å². The topological polar surface area (TPSA) is 25.4 Å². The van der Waals surface area contributed by atoms with E-state index in [1.807, 2.05) is 18.2 Å². The molecule has 2 rings (SSSR count). The lowest BCUT2D eigenvalue weighted by molar-refractivity contribution is 0.380. The third-order valence-corrected chi connectivity index (χ3v) is 1.69. The first kappa shape index (κ1) is 5.86. The number of hydrogen-bond donors (Lipinski definition) is 0. The van der Waals surface area contributed by atoms with Crippen LogP contribution < -0.4 is 0 Å². The fraction of sp³-hybridized carbons (Fsp3) is 0.375. The van der Waals surface area contributed by atoms with Crippen molar-refractivity contribution < 1.29 is 4.74 Å². The highest BCUT2D eigenvalue weighted by Gasteiger charge is 2.36. The Bertz CT molecular complexity index is 222. The Morgan fingerprint density at radius 3 is 2.80 bits per heavy atom. The minimum atomic E-state index is 0.265. The summed E-state index contributed by atoms with van der Waals surface area (Å²) in [6, 6.07) is 5.89. The van der Waals surface area contributed by atoms with Crippen LogP contribution in [-0.2, 0) is 4.74 Å². The van der Waals surface area contributed by atoms with E-state index < -0.39 is 0 Å². The highest BCUT2D eigenvalue weighted by atomic mass is 16.6. The van der Waals surface area contributed by atoms with Gasteiger partial charge in [0.1, 0.15) is 6.10 Å². The summed E-state index contributed by atoms with van der Waals surface area (Å²) < 4.78 is 5.24. The summed E-state index contributed by atoms with van der Waals surface area (Å²) in [7, 11) is 0. The Morgan fingerprint density at radius 2 is 2.30 bits per heavy atom. The molecule has 0 bridgehead atoms. The van der Waals surface area contributed by atoms with Crippen molar-refractivity contribution in [2.75, 3.05) is 0 Å². The average Bonchev–Trinajstić information content (AvgIpc) is 2.69. The fourth-order valence-corrected chi connectivity index (χ4v) is 1.04. The van der Waals surface area contributed by atoms with E-state index in [1.54, 1.807) is 6.20 Å². The van der Waals surface area contributed by atoms with E-state index in [9.17, 15) is 0 Å². The van der Waals surface area contributed by atoms with Crippen LogP contribution in [0.3, 0.4) is 0 Å². The number of hydrogen-bond acceptors (Lipinski definition) is 2. The first-order valence-electron chi connectivity index (χ1n) is 3.44. The van der Waals surface area contributed by atoms with Crippen LogP contribution in [0.15, 0.2) is 24.4 Å². The molecule has 2 heteroatoms. The molecule has 0 aliphatic carbocycles. The molecule has 0 aromatic carbocycles. The van der Waals surface area contributed by atoms with Crippen LogP contribution in [-0.4, -0.2) is 11.1 Å². The highest BCUT2D eigenvalue weighted by Crippen LogP contribution is 2.36. The SMILES string of the molecule is CC1OC1c1ccccn1. The molecule has 2 heterocycles. The van der Waals surface area contributed by atoms with Crippen LogP contribution in [0, 0.1) is 0 Å². The molecule has 52 valence electrons. The Balaban J connectivity index is 2.20. The summed E-state index contributed by atoms with van der Waals surface area (Å²) in [5, 5.41) is 0. The highest BCUT2D eigenvalue weighted by molar-refractivity contribution is 5.12. The van der Waals surface area contributed by atoms with Gasteiger partial charge in [0.2, 0.25) is 0 Å². The normalized spacial score (nSPS) is 30.1. The molecule has 0 radical (unpaired) electrons. The summed E-state index contributed by atoms with van der Waals surface area (Å²) in [5.41, 5.74) is 1.05. The molecule has 1 aliphatic rings. The van der Waals surface area contributed by atoms with Crippen molar-refractivity contribution >= 4 is 0 Å². The van der Waals surface area contributed by atoms with Crippen LogP contribution >= 0.6 is 0 Å². The maximum atomic E-state index is 5.24. The molecule has 0 N–H and O–H groups in total. The number of nitrogens with zero attached hydrogens (tertiary/aromatic N) is 1. The van der Waals surface area contributed by atoms with E-state index in [1.165, 1.54) is 0 Å². The summed E-state index contributed by atoms with van der Waals surface area (Å²) in [4.78, 5) is 4.17. The molecule has 1 aliphatic heterocycles. The van der Waals surface area contributed by atoms with Crippen LogP contribution in [0.4, 0.5) is 0 Å². The van der Waals surface area contributed by atoms with Gasteiger partial charge in [-0.25, -0.2) is 0 Å². The molecule has 2 atom stereocenters. The molecular formula is C8H9NO. The molecule has 0 spiro atoms. The number of ether oxygens (including phenoxy) is 1. The van der Waals surface area contributed by atoms with E-state index in [4.69, 9.17) is 4.74 Å². The summed E-state index contributed by atoms with van der Waals surface area (Å²) in [6.07, 6.45) is 2.43. The van der Waals surface area contributed by atoms with Gasteiger partial charge in [0.05, 0.1) is 11.8 Å². The van der Waals surface area contributed by atoms with Gasteiger partial charge < -0.3 is 4.74 Å². The zero-order valence-corrected chi connectivity index (χ0v) is 5.82. The van der Waals surface area contributed by atoms with E-state index in [0.29, 0.717) is 6.10 Å². The first-order valence-corrected chi connectivity index (χ1v) is 3.44. The van der Waals surface area contributed by atoms with Crippen LogP contribution in [0.5, 0.6) is 0 Å². The van der Waals surface area contributed by atoms with Crippen molar-refractivity contribution in [2.24, 2.45) is 0 Å². The summed E-state index contributed by atoms with van der Waals surface area (Å²) in [6.45, 7) is 2.05. The molecule has 1 saturated heterocycles. The van der Waals surface area contributed by atoms with E-state index >= 15 is 0 Å². The van der Waals surface area contributed by atoms with Crippen molar-refractivity contribution in [3.05, 3.63) is 30.1 Å². The number of rotatable bonds is 1. The van der Waals surface area contributed by atoms with Crippen LogP contribution in [0.25, 0.3) is 0 Å². The van der Waals surface area contributed by atoms with Gasteiger partial charge in [-0.2, -0.15) is 0 Å². The zero-order chi connectivity index (χ0) is 6.97. The minimum absolute atomic E-state index is 0.265. The second-order valence-electron chi connectivity index (χ2n) is 2.52. The molecule has 1 aromatic rings.